The number of rotatable bonds is 3. The van der Waals surface area contributed by atoms with Crippen molar-refractivity contribution in [3.05, 3.63) is 30.4 Å². The van der Waals surface area contributed by atoms with E-state index in [0.717, 1.165) is 17.8 Å². The van der Waals surface area contributed by atoms with E-state index in [1.807, 2.05) is 23.9 Å². The van der Waals surface area contributed by atoms with Gasteiger partial charge in [-0.15, -0.1) is 0 Å². The molecule has 7 heteroatoms. The lowest BCUT2D eigenvalue weighted by Crippen LogP contribution is -2.36. The quantitative estimate of drug-likeness (QED) is 0.876. The second-order valence-corrected chi connectivity index (χ2v) is 4.85. The Hall–Kier alpha value is -2.44. The fourth-order valence-corrected chi connectivity index (χ4v) is 2.19. The fraction of sp³-hybridized carbons (Fsp3) is 0.385. The molecule has 1 amide bonds. The number of carbonyl (C=O) groups is 1. The van der Waals surface area contributed by atoms with Gasteiger partial charge in [0.05, 0.1) is 17.9 Å². The molecule has 20 heavy (non-hydrogen) atoms. The molecule has 1 aliphatic heterocycles. The number of aromatic nitrogens is 4. The van der Waals surface area contributed by atoms with Crippen LogP contribution in [0.2, 0.25) is 0 Å². The maximum absolute atomic E-state index is 11.1. The first-order valence-electron chi connectivity index (χ1n) is 6.58. The second-order valence-electron chi connectivity index (χ2n) is 4.85. The molecule has 7 nitrogen and oxygen atoms in total. The smallest absolute Gasteiger partial charge is 0.227 e. The Morgan fingerprint density at radius 3 is 3.15 bits per heavy atom. The normalized spacial score (nSPS) is 18.6. The van der Waals surface area contributed by atoms with Gasteiger partial charge >= 0.3 is 0 Å². The number of piperidine rings is 1. The minimum atomic E-state index is 0.111. The van der Waals surface area contributed by atoms with Gasteiger partial charge in [-0.2, -0.15) is 5.10 Å². The van der Waals surface area contributed by atoms with Crippen molar-refractivity contribution in [3.63, 3.8) is 0 Å². The van der Waals surface area contributed by atoms with Crippen LogP contribution in [0.3, 0.4) is 0 Å². The number of carbonyl (C=O) groups excluding carboxylic acids is 1. The van der Waals surface area contributed by atoms with E-state index < -0.39 is 0 Å². The topological polar surface area (TPSA) is 84.7 Å². The van der Waals surface area contributed by atoms with Crippen LogP contribution in [0.5, 0.6) is 0 Å². The van der Waals surface area contributed by atoms with Gasteiger partial charge in [0.1, 0.15) is 0 Å². The molecule has 2 aromatic heterocycles. The Balaban J connectivity index is 1.69. The summed E-state index contributed by atoms with van der Waals surface area (Å²) in [7, 11) is 0. The van der Waals surface area contributed by atoms with Crippen molar-refractivity contribution >= 4 is 17.5 Å². The molecule has 0 aromatic carbocycles. The average Bonchev–Trinajstić information content (AvgIpc) is 2.88. The van der Waals surface area contributed by atoms with Gasteiger partial charge in [-0.05, 0) is 19.4 Å². The Morgan fingerprint density at radius 1 is 1.50 bits per heavy atom. The van der Waals surface area contributed by atoms with Crippen molar-refractivity contribution in [2.24, 2.45) is 0 Å². The lowest BCUT2D eigenvalue weighted by atomic mass is 10.1. The molecule has 0 spiro atoms. The van der Waals surface area contributed by atoms with Crippen LogP contribution in [0.4, 0.5) is 11.6 Å². The third kappa shape index (κ3) is 2.76. The van der Waals surface area contributed by atoms with Crippen molar-refractivity contribution in [2.45, 2.75) is 25.8 Å². The van der Waals surface area contributed by atoms with E-state index in [-0.39, 0.29) is 11.9 Å². The highest BCUT2D eigenvalue weighted by Gasteiger charge is 2.20. The molecule has 1 atom stereocenters. The summed E-state index contributed by atoms with van der Waals surface area (Å²) in [4.78, 5) is 19.6. The van der Waals surface area contributed by atoms with Crippen LogP contribution < -0.4 is 10.6 Å². The summed E-state index contributed by atoms with van der Waals surface area (Å²) in [6, 6.07) is 2.06. The third-order valence-electron chi connectivity index (χ3n) is 3.27. The Labute approximate surface area is 116 Å². The molecule has 1 fully saturated rings. The molecule has 104 valence electrons. The lowest BCUT2D eigenvalue weighted by molar-refractivity contribution is -0.122. The molecule has 1 saturated heterocycles. The van der Waals surface area contributed by atoms with Gasteiger partial charge in [-0.25, -0.2) is 9.97 Å². The zero-order chi connectivity index (χ0) is 13.9. The maximum Gasteiger partial charge on any atom is 0.227 e. The van der Waals surface area contributed by atoms with E-state index in [9.17, 15) is 4.79 Å². The van der Waals surface area contributed by atoms with Gasteiger partial charge in [-0.1, -0.05) is 0 Å². The summed E-state index contributed by atoms with van der Waals surface area (Å²) in [6.07, 6.45) is 6.73. The van der Waals surface area contributed by atoms with Gasteiger partial charge < -0.3 is 10.6 Å². The number of aryl methyl sites for hydroxylation is 1. The van der Waals surface area contributed by atoms with Crippen molar-refractivity contribution in [3.8, 4) is 0 Å². The minimum absolute atomic E-state index is 0.111. The lowest BCUT2D eigenvalue weighted by Gasteiger charge is -2.22. The van der Waals surface area contributed by atoms with Crippen LogP contribution in [-0.2, 0) is 4.79 Å². The third-order valence-corrected chi connectivity index (χ3v) is 3.27. The van der Waals surface area contributed by atoms with E-state index in [1.165, 1.54) is 0 Å². The largest absolute Gasteiger partial charge is 0.354 e. The zero-order valence-electron chi connectivity index (χ0n) is 11.2. The molecular weight excluding hydrogens is 256 g/mol. The van der Waals surface area contributed by atoms with Crippen LogP contribution in [-0.4, -0.2) is 32.2 Å². The number of amides is 1. The molecule has 0 bridgehead atoms. The standard InChI is InChI=1S/C13H16N6O/c1-9-4-5-14-13(17-9)18-10-6-16-19(8-10)11-2-3-12(20)15-7-11/h4-6,8,11H,2-3,7H2,1H3,(H,15,20)(H,14,17,18). The molecule has 0 aliphatic carbocycles. The minimum Gasteiger partial charge on any atom is -0.354 e. The van der Waals surface area contributed by atoms with Crippen LogP contribution in [0.25, 0.3) is 0 Å². The second kappa shape index (κ2) is 5.28. The molecule has 1 aliphatic rings. The van der Waals surface area contributed by atoms with E-state index in [0.29, 0.717) is 18.9 Å². The van der Waals surface area contributed by atoms with Crippen LogP contribution in [0.15, 0.2) is 24.7 Å². The molecule has 3 rings (SSSR count). The molecule has 0 saturated carbocycles. The highest BCUT2D eigenvalue weighted by molar-refractivity contribution is 5.76. The predicted molar refractivity (Wildman–Crippen MR) is 73.6 cm³/mol. The number of nitrogens with one attached hydrogen (secondary N) is 2. The molecule has 3 heterocycles. The summed E-state index contributed by atoms with van der Waals surface area (Å²) in [5.74, 6) is 0.668. The Morgan fingerprint density at radius 2 is 2.40 bits per heavy atom. The van der Waals surface area contributed by atoms with Crippen LogP contribution >= 0.6 is 0 Å². The highest BCUT2D eigenvalue weighted by Crippen LogP contribution is 2.19. The first-order valence-corrected chi connectivity index (χ1v) is 6.58. The van der Waals surface area contributed by atoms with Crippen LogP contribution in [0, 0.1) is 6.92 Å². The molecule has 1 unspecified atom stereocenters. The summed E-state index contributed by atoms with van der Waals surface area (Å²) in [6.45, 7) is 2.54. The van der Waals surface area contributed by atoms with E-state index in [1.54, 1.807) is 12.4 Å². The van der Waals surface area contributed by atoms with E-state index in [2.05, 4.69) is 25.7 Å². The maximum atomic E-state index is 11.1. The first-order chi connectivity index (χ1) is 9.70. The number of nitrogens with zero attached hydrogens (tertiary/aromatic N) is 4. The average molecular weight is 272 g/mol. The van der Waals surface area contributed by atoms with Gasteiger partial charge in [0.25, 0.3) is 0 Å². The van der Waals surface area contributed by atoms with Crippen molar-refractivity contribution in [2.75, 3.05) is 11.9 Å². The molecule has 2 N–H and O–H groups in total. The predicted octanol–water partition coefficient (Wildman–Crippen LogP) is 1.18. The van der Waals surface area contributed by atoms with Crippen molar-refractivity contribution < 1.29 is 4.79 Å². The van der Waals surface area contributed by atoms with Gasteiger partial charge in [-0.3, -0.25) is 9.48 Å². The van der Waals surface area contributed by atoms with Crippen molar-refractivity contribution in [1.82, 2.24) is 25.1 Å². The Kier molecular flexibility index (Phi) is 3.32. The van der Waals surface area contributed by atoms with Crippen LogP contribution in [0.1, 0.15) is 24.6 Å². The highest BCUT2D eigenvalue weighted by atomic mass is 16.1. The SMILES string of the molecule is Cc1ccnc(Nc2cnn(C3CCC(=O)NC3)c2)n1. The monoisotopic (exact) mass is 272 g/mol. The van der Waals surface area contributed by atoms with Gasteiger partial charge in [0, 0.05) is 31.1 Å². The fourth-order valence-electron chi connectivity index (χ4n) is 2.19. The van der Waals surface area contributed by atoms with E-state index in [4.69, 9.17) is 0 Å². The summed E-state index contributed by atoms with van der Waals surface area (Å²) in [5, 5.41) is 10.3. The van der Waals surface area contributed by atoms with Gasteiger partial charge in [0.2, 0.25) is 11.9 Å². The molecular formula is C13H16N6O. The molecule has 0 radical (unpaired) electrons. The summed E-state index contributed by atoms with van der Waals surface area (Å²) in [5.41, 5.74) is 1.75. The number of hydrogen-bond donors (Lipinski definition) is 2. The number of hydrogen-bond acceptors (Lipinski definition) is 5. The zero-order valence-corrected chi connectivity index (χ0v) is 11.2. The first kappa shape index (κ1) is 12.6. The number of anilines is 2. The van der Waals surface area contributed by atoms with Crippen molar-refractivity contribution in [1.29, 1.82) is 0 Å². The summed E-state index contributed by atoms with van der Waals surface area (Å²) >= 11 is 0. The Bertz CT molecular complexity index is 613. The summed E-state index contributed by atoms with van der Waals surface area (Å²) < 4.78 is 1.87. The van der Waals surface area contributed by atoms with Gasteiger partial charge in [0.15, 0.2) is 0 Å². The van der Waals surface area contributed by atoms with E-state index >= 15 is 0 Å². The molecule has 2 aromatic rings.